The summed E-state index contributed by atoms with van der Waals surface area (Å²) in [6.07, 6.45) is 1.68. The van der Waals surface area contributed by atoms with Gasteiger partial charge in [0.1, 0.15) is 23.1 Å². The highest BCUT2D eigenvalue weighted by Crippen LogP contribution is 2.42. The molecule has 1 saturated carbocycles. The Morgan fingerprint density at radius 3 is 2.33 bits per heavy atom. The van der Waals surface area contributed by atoms with Gasteiger partial charge in [0.15, 0.2) is 0 Å². The second-order valence-corrected chi connectivity index (χ2v) is 5.35. The number of ether oxygens (including phenoxy) is 1. The fourth-order valence-electron chi connectivity index (χ4n) is 2.83. The second kappa shape index (κ2) is 5.72. The van der Waals surface area contributed by atoms with Crippen LogP contribution < -0.4 is 10.1 Å². The maximum Gasteiger partial charge on any atom is 0.149 e. The number of methoxy groups -OCH3 is 1. The minimum absolute atomic E-state index is 0.0269. The van der Waals surface area contributed by atoms with Crippen molar-refractivity contribution in [3.8, 4) is 5.75 Å². The summed E-state index contributed by atoms with van der Waals surface area (Å²) in [6.45, 7) is 0. The van der Waals surface area contributed by atoms with Crippen LogP contribution in [0.25, 0.3) is 0 Å². The Labute approximate surface area is 122 Å². The molecule has 0 saturated heterocycles. The van der Waals surface area contributed by atoms with E-state index in [4.69, 9.17) is 4.74 Å². The van der Waals surface area contributed by atoms with Gasteiger partial charge in [-0.3, -0.25) is 0 Å². The zero-order valence-electron chi connectivity index (χ0n) is 11.8. The van der Waals surface area contributed by atoms with E-state index in [0.717, 1.165) is 24.2 Å². The SMILES string of the molecule is COc1ccccc1C1CC(Nc2c(F)cccc2F)C1. The summed E-state index contributed by atoms with van der Waals surface area (Å²) >= 11 is 0. The van der Waals surface area contributed by atoms with Crippen molar-refractivity contribution in [2.24, 2.45) is 0 Å². The average molecular weight is 289 g/mol. The van der Waals surface area contributed by atoms with Gasteiger partial charge in [0.05, 0.1) is 7.11 Å². The first-order valence-corrected chi connectivity index (χ1v) is 7.02. The minimum atomic E-state index is -0.546. The number of halogens is 2. The minimum Gasteiger partial charge on any atom is -0.496 e. The molecule has 0 aliphatic heterocycles. The lowest BCUT2D eigenvalue weighted by molar-refractivity contribution is 0.348. The molecule has 4 heteroatoms. The van der Waals surface area contributed by atoms with E-state index in [1.807, 2.05) is 24.3 Å². The number of anilines is 1. The molecule has 0 radical (unpaired) electrons. The number of benzene rings is 2. The Bertz CT molecular complexity index is 618. The first-order chi connectivity index (χ1) is 10.2. The summed E-state index contributed by atoms with van der Waals surface area (Å²) in [5, 5.41) is 2.96. The molecule has 0 spiro atoms. The molecule has 2 aromatic rings. The van der Waals surface area contributed by atoms with Gasteiger partial charge in [-0.15, -0.1) is 0 Å². The maximum absolute atomic E-state index is 13.6. The molecule has 0 aromatic heterocycles. The van der Waals surface area contributed by atoms with Crippen molar-refractivity contribution in [1.29, 1.82) is 0 Å². The number of nitrogens with one attached hydrogen (secondary N) is 1. The summed E-state index contributed by atoms with van der Waals surface area (Å²) in [5.74, 6) is 0.151. The molecule has 2 nitrogen and oxygen atoms in total. The predicted molar refractivity (Wildman–Crippen MR) is 78.7 cm³/mol. The van der Waals surface area contributed by atoms with Gasteiger partial charge in [0.2, 0.25) is 0 Å². The van der Waals surface area contributed by atoms with Crippen LogP contribution in [0, 0.1) is 11.6 Å². The number of rotatable bonds is 4. The zero-order valence-corrected chi connectivity index (χ0v) is 11.8. The fourth-order valence-corrected chi connectivity index (χ4v) is 2.83. The molecule has 1 fully saturated rings. The van der Waals surface area contributed by atoms with E-state index in [1.54, 1.807) is 7.11 Å². The van der Waals surface area contributed by atoms with Crippen LogP contribution in [0.4, 0.5) is 14.5 Å². The van der Waals surface area contributed by atoms with Crippen molar-refractivity contribution >= 4 is 5.69 Å². The summed E-state index contributed by atoms with van der Waals surface area (Å²) in [4.78, 5) is 0. The molecule has 21 heavy (non-hydrogen) atoms. The topological polar surface area (TPSA) is 21.3 Å². The largest absolute Gasteiger partial charge is 0.496 e. The molecule has 1 aliphatic carbocycles. The highest BCUT2D eigenvalue weighted by Gasteiger charge is 2.32. The van der Waals surface area contributed by atoms with Crippen LogP contribution in [-0.4, -0.2) is 13.2 Å². The molecule has 1 N–H and O–H groups in total. The lowest BCUT2D eigenvalue weighted by atomic mass is 9.75. The third-order valence-electron chi connectivity index (χ3n) is 4.03. The van der Waals surface area contributed by atoms with Crippen LogP contribution in [0.3, 0.4) is 0 Å². The molecule has 0 atom stereocenters. The average Bonchev–Trinajstić information content (AvgIpc) is 2.45. The first-order valence-electron chi connectivity index (χ1n) is 7.02. The van der Waals surface area contributed by atoms with Gasteiger partial charge in [0, 0.05) is 6.04 Å². The summed E-state index contributed by atoms with van der Waals surface area (Å²) in [7, 11) is 1.65. The lowest BCUT2D eigenvalue weighted by Crippen LogP contribution is -2.34. The number of para-hydroxylation sites is 2. The Hall–Kier alpha value is -2.10. The van der Waals surface area contributed by atoms with Gasteiger partial charge in [0.25, 0.3) is 0 Å². The number of hydrogen-bond acceptors (Lipinski definition) is 2. The lowest BCUT2D eigenvalue weighted by Gasteiger charge is -2.37. The van der Waals surface area contributed by atoms with Crippen LogP contribution >= 0.6 is 0 Å². The van der Waals surface area contributed by atoms with Crippen molar-refractivity contribution in [2.75, 3.05) is 12.4 Å². The van der Waals surface area contributed by atoms with Crippen LogP contribution in [0.5, 0.6) is 5.75 Å². The normalized spacial score (nSPS) is 20.7. The smallest absolute Gasteiger partial charge is 0.149 e. The predicted octanol–water partition coefficient (Wildman–Crippen LogP) is 4.33. The zero-order chi connectivity index (χ0) is 14.8. The van der Waals surface area contributed by atoms with E-state index < -0.39 is 11.6 Å². The van der Waals surface area contributed by atoms with E-state index in [1.165, 1.54) is 18.2 Å². The van der Waals surface area contributed by atoms with Gasteiger partial charge in [-0.1, -0.05) is 24.3 Å². The highest BCUT2D eigenvalue weighted by molar-refractivity contribution is 5.48. The monoisotopic (exact) mass is 289 g/mol. The van der Waals surface area contributed by atoms with Crippen molar-refractivity contribution < 1.29 is 13.5 Å². The van der Waals surface area contributed by atoms with Gasteiger partial charge >= 0.3 is 0 Å². The van der Waals surface area contributed by atoms with E-state index >= 15 is 0 Å². The summed E-state index contributed by atoms with van der Waals surface area (Å²) in [5.41, 5.74) is 1.13. The molecule has 1 aliphatic rings. The highest BCUT2D eigenvalue weighted by atomic mass is 19.1. The third-order valence-corrected chi connectivity index (χ3v) is 4.03. The molecule has 0 heterocycles. The maximum atomic E-state index is 13.6. The second-order valence-electron chi connectivity index (χ2n) is 5.35. The van der Waals surface area contributed by atoms with Gasteiger partial charge < -0.3 is 10.1 Å². The fraction of sp³-hybridized carbons (Fsp3) is 0.294. The van der Waals surface area contributed by atoms with Crippen LogP contribution in [0.2, 0.25) is 0 Å². The van der Waals surface area contributed by atoms with E-state index in [2.05, 4.69) is 5.32 Å². The van der Waals surface area contributed by atoms with Crippen LogP contribution in [0.15, 0.2) is 42.5 Å². The van der Waals surface area contributed by atoms with E-state index in [-0.39, 0.29) is 11.7 Å². The van der Waals surface area contributed by atoms with Gasteiger partial charge in [-0.2, -0.15) is 0 Å². The quantitative estimate of drug-likeness (QED) is 0.904. The van der Waals surface area contributed by atoms with Crippen molar-refractivity contribution in [1.82, 2.24) is 0 Å². The van der Waals surface area contributed by atoms with Crippen LogP contribution in [0.1, 0.15) is 24.3 Å². The van der Waals surface area contributed by atoms with Gasteiger partial charge in [-0.25, -0.2) is 8.78 Å². The molecule has 2 aromatic carbocycles. The van der Waals surface area contributed by atoms with E-state index in [0.29, 0.717) is 5.92 Å². The van der Waals surface area contributed by atoms with Crippen molar-refractivity contribution in [3.05, 3.63) is 59.7 Å². The van der Waals surface area contributed by atoms with Crippen LogP contribution in [-0.2, 0) is 0 Å². The molecule has 110 valence electrons. The molecule has 0 bridgehead atoms. The standard InChI is InChI=1S/C17H17F2NO/c1-21-16-8-3-2-5-13(16)11-9-12(10-11)20-17-14(18)6-4-7-15(17)19/h2-8,11-12,20H,9-10H2,1H3. The molecule has 3 rings (SSSR count). The first kappa shape index (κ1) is 13.9. The van der Waals surface area contributed by atoms with Crippen molar-refractivity contribution in [2.45, 2.75) is 24.8 Å². The Morgan fingerprint density at radius 2 is 1.67 bits per heavy atom. The third kappa shape index (κ3) is 2.71. The Kier molecular flexibility index (Phi) is 3.78. The molecular weight excluding hydrogens is 272 g/mol. The Morgan fingerprint density at radius 1 is 1.00 bits per heavy atom. The summed E-state index contributed by atoms with van der Waals surface area (Å²) < 4.78 is 32.5. The van der Waals surface area contributed by atoms with Gasteiger partial charge in [-0.05, 0) is 42.5 Å². The van der Waals surface area contributed by atoms with Crippen molar-refractivity contribution in [3.63, 3.8) is 0 Å². The molecule has 0 unspecified atom stereocenters. The molecule has 0 amide bonds. The number of hydrogen-bond donors (Lipinski definition) is 1. The summed E-state index contributed by atoms with van der Waals surface area (Å²) in [6, 6.07) is 11.9. The molecular formula is C17H17F2NO. The Balaban J connectivity index is 1.66. The van der Waals surface area contributed by atoms with E-state index in [9.17, 15) is 8.78 Å².